The maximum absolute atomic E-state index is 13.3. The first-order valence-corrected chi connectivity index (χ1v) is 14.3. The Morgan fingerprint density at radius 1 is 0.912 bits per heavy atom. The number of aryl methyl sites for hydroxylation is 3. The monoisotopic (exact) mass is 483 g/mol. The van der Waals surface area contributed by atoms with Gasteiger partial charge in [-0.25, -0.2) is 8.42 Å². The molecule has 2 heterocycles. The van der Waals surface area contributed by atoms with Crippen molar-refractivity contribution in [3.63, 3.8) is 0 Å². The molecule has 5 rings (SSSR count). The highest BCUT2D eigenvalue weighted by Crippen LogP contribution is 2.33. The van der Waals surface area contributed by atoms with Gasteiger partial charge in [0.05, 0.1) is 11.4 Å². The molecule has 1 saturated carbocycles. The van der Waals surface area contributed by atoms with E-state index in [4.69, 9.17) is 0 Å². The van der Waals surface area contributed by atoms with E-state index in [1.807, 2.05) is 18.2 Å². The zero-order chi connectivity index (χ0) is 23.9. The topological polar surface area (TPSA) is 62.6 Å². The SMILES string of the molecule is Cc1cc(C(=O)CN2CCN(S(=O)(=O)c3ccc4c(c3)CCCC4)CC2)c(C)n1C1CCCC1. The fourth-order valence-corrected chi connectivity index (χ4v) is 7.69. The van der Waals surface area contributed by atoms with Crippen molar-refractivity contribution in [2.75, 3.05) is 32.7 Å². The third kappa shape index (κ3) is 4.50. The predicted octanol–water partition coefficient (Wildman–Crippen LogP) is 4.29. The third-order valence-electron chi connectivity index (χ3n) is 8.13. The molecule has 2 aromatic rings. The van der Waals surface area contributed by atoms with Gasteiger partial charge in [0.1, 0.15) is 0 Å². The Balaban J connectivity index is 1.22. The van der Waals surface area contributed by atoms with Crippen LogP contribution in [0.4, 0.5) is 0 Å². The smallest absolute Gasteiger partial charge is 0.243 e. The van der Waals surface area contributed by atoms with E-state index in [9.17, 15) is 13.2 Å². The lowest BCUT2D eigenvalue weighted by Crippen LogP contribution is -2.49. The van der Waals surface area contributed by atoms with Crippen molar-refractivity contribution in [1.29, 1.82) is 0 Å². The number of nitrogens with zero attached hydrogens (tertiary/aromatic N) is 3. The highest BCUT2D eigenvalue weighted by atomic mass is 32.2. The van der Waals surface area contributed by atoms with Gasteiger partial charge >= 0.3 is 0 Å². The number of rotatable bonds is 6. The summed E-state index contributed by atoms with van der Waals surface area (Å²) < 4.78 is 30.5. The van der Waals surface area contributed by atoms with Crippen molar-refractivity contribution in [1.82, 2.24) is 13.8 Å². The number of aromatic nitrogens is 1. The molecule has 3 aliphatic rings. The lowest BCUT2D eigenvalue weighted by molar-refractivity contribution is 0.0901. The van der Waals surface area contributed by atoms with Gasteiger partial charge < -0.3 is 4.57 Å². The van der Waals surface area contributed by atoms with Crippen molar-refractivity contribution in [3.05, 3.63) is 52.3 Å². The molecule has 6 nitrogen and oxygen atoms in total. The molecule has 34 heavy (non-hydrogen) atoms. The first-order chi connectivity index (χ1) is 16.3. The minimum absolute atomic E-state index is 0.142. The Kier molecular flexibility index (Phi) is 6.70. The number of piperazine rings is 1. The zero-order valence-electron chi connectivity index (χ0n) is 20.6. The molecule has 0 unspecified atom stereocenters. The fraction of sp³-hybridized carbons (Fsp3) is 0.593. The number of Topliss-reactive ketones (excluding diaryl/α,β-unsaturated/α-hetero) is 1. The van der Waals surface area contributed by atoms with E-state index in [0.717, 1.165) is 30.5 Å². The van der Waals surface area contributed by atoms with Gasteiger partial charge in [-0.05, 0) is 81.7 Å². The first-order valence-electron chi connectivity index (χ1n) is 12.9. The molecule has 0 spiro atoms. The number of hydrogen-bond donors (Lipinski definition) is 0. The average Bonchev–Trinajstić information content (AvgIpc) is 3.46. The van der Waals surface area contributed by atoms with E-state index in [2.05, 4.69) is 23.3 Å². The van der Waals surface area contributed by atoms with Crippen molar-refractivity contribution < 1.29 is 13.2 Å². The minimum atomic E-state index is -3.50. The van der Waals surface area contributed by atoms with Crippen LogP contribution in [0.5, 0.6) is 0 Å². The second-order valence-corrected chi connectivity index (χ2v) is 12.3. The van der Waals surface area contributed by atoms with Crippen molar-refractivity contribution in [2.24, 2.45) is 0 Å². The van der Waals surface area contributed by atoms with E-state index in [1.165, 1.54) is 48.9 Å². The second kappa shape index (κ2) is 9.59. The van der Waals surface area contributed by atoms with E-state index in [-0.39, 0.29) is 5.78 Å². The van der Waals surface area contributed by atoms with Crippen LogP contribution in [0.2, 0.25) is 0 Å². The normalized spacial score (nSPS) is 20.5. The minimum Gasteiger partial charge on any atom is -0.345 e. The number of carbonyl (C=O) groups excluding carboxylic acids is 1. The number of hydrogen-bond acceptors (Lipinski definition) is 4. The molecule has 1 aromatic heterocycles. The Labute approximate surface area is 204 Å². The van der Waals surface area contributed by atoms with Gasteiger partial charge in [-0.3, -0.25) is 9.69 Å². The summed E-state index contributed by atoms with van der Waals surface area (Å²) in [5, 5.41) is 0. The number of sulfonamides is 1. The lowest BCUT2D eigenvalue weighted by Gasteiger charge is -2.33. The van der Waals surface area contributed by atoms with Crippen LogP contribution in [0.3, 0.4) is 0 Å². The number of benzene rings is 1. The van der Waals surface area contributed by atoms with Gasteiger partial charge in [-0.15, -0.1) is 0 Å². The summed E-state index contributed by atoms with van der Waals surface area (Å²) in [5.74, 6) is 0.142. The maximum Gasteiger partial charge on any atom is 0.243 e. The standard InChI is InChI=1S/C27H37N3O3S/c1-20-17-26(21(2)30(20)24-9-5-6-10-24)27(31)19-28-13-15-29(16-14-28)34(32,33)25-12-11-22-7-3-4-8-23(22)18-25/h11-12,17-18,24H,3-10,13-16,19H2,1-2H3. The largest absolute Gasteiger partial charge is 0.345 e. The lowest BCUT2D eigenvalue weighted by atomic mass is 9.92. The van der Waals surface area contributed by atoms with Crippen molar-refractivity contribution in [3.8, 4) is 0 Å². The molecule has 2 aliphatic carbocycles. The second-order valence-electron chi connectivity index (χ2n) is 10.3. The number of fused-ring (bicyclic) bond motifs is 1. The summed E-state index contributed by atoms with van der Waals surface area (Å²) in [4.78, 5) is 15.7. The van der Waals surface area contributed by atoms with Crippen LogP contribution in [0.25, 0.3) is 0 Å². The molecule has 0 bridgehead atoms. The summed E-state index contributed by atoms with van der Waals surface area (Å²) in [6, 6.07) is 8.24. The molecular formula is C27H37N3O3S. The number of carbonyl (C=O) groups is 1. The molecule has 0 N–H and O–H groups in total. The third-order valence-corrected chi connectivity index (χ3v) is 10.0. The molecule has 1 saturated heterocycles. The van der Waals surface area contributed by atoms with Gasteiger partial charge in [0.25, 0.3) is 0 Å². The highest BCUT2D eigenvalue weighted by Gasteiger charge is 2.31. The van der Waals surface area contributed by atoms with Crippen LogP contribution in [-0.4, -0.2) is 60.7 Å². The molecular weight excluding hydrogens is 446 g/mol. The Morgan fingerprint density at radius 3 is 2.29 bits per heavy atom. The van der Waals surface area contributed by atoms with Crippen LogP contribution < -0.4 is 0 Å². The first kappa shape index (κ1) is 23.8. The highest BCUT2D eigenvalue weighted by molar-refractivity contribution is 7.89. The van der Waals surface area contributed by atoms with Crippen LogP contribution >= 0.6 is 0 Å². The zero-order valence-corrected chi connectivity index (χ0v) is 21.4. The number of ketones is 1. The molecule has 0 atom stereocenters. The molecule has 1 aromatic carbocycles. The average molecular weight is 484 g/mol. The van der Waals surface area contributed by atoms with Crippen molar-refractivity contribution >= 4 is 15.8 Å². The van der Waals surface area contributed by atoms with E-state index >= 15 is 0 Å². The van der Waals surface area contributed by atoms with E-state index in [0.29, 0.717) is 43.7 Å². The Bertz CT molecular complexity index is 1170. The summed E-state index contributed by atoms with van der Waals surface area (Å²) in [6.07, 6.45) is 9.26. The Hall–Kier alpha value is -1.96. The van der Waals surface area contributed by atoms with Gasteiger partial charge in [0.15, 0.2) is 5.78 Å². The predicted molar refractivity (Wildman–Crippen MR) is 134 cm³/mol. The van der Waals surface area contributed by atoms with Gasteiger partial charge in [-0.1, -0.05) is 18.9 Å². The molecule has 1 aliphatic heterocycles. The molecule has 184 valence electrons. The summed E-state index contributed by atoms with van der Waals surface area (Å²) in [6.45, 7) is 6.53. The summed E-state index contributed by atoms with van der Waals surface area (Å²) in [7, 11) is -3.50. The quantitative estimate of drug-likeness (QED) is 0.575. The molecule has 0 amide bonds. The van der Waals surface area contributed by atoms with Crippen molar-refractivity contribution in [2.45, 2.75) is 76.2 Å². The molecule has 7 heteroatoms. The Morgan fingerprint density at radius 2 is 1.59 bits per heavy atom. The summed E-state index contributed by atoms with van der Waals surface area (Å²) >= 11 is 0. The summed E-state index contributed by atoms with van der Waals surface area (Å²) in [5.41, 5.74) is 5.57. The van der Waals surface area contributed by atoms with Crippen LogP contribution in [-0.2, 0) is 22.9 Å². The van der Waals surface area contributed by atoms with Crippen LogP contribution in [0, 0.1) is 13.8 Å². The maximum atomic E-state index is 13.3. The molecule has 0 radical (unpaired) electrons. The van der Waals surface area contributed by atoms with E-state index < -0.39 is 10.0 Å². The van der Waals surface area contributed by atoms with Gasteiger partial charge in [0.2, 0.25) is 10.0 Å². The van der Waals surface area contributed by atoms with E-state index in [1.54, 1.807) is 10.4 Å². The van der Waals surface area contributed by atoms with Crippen LogP contribution in [0.15, 0.2) is 29.2 Å². The van der Waals surface area contributed by atoms with Gasteiger partial charge in [-0.2, -0.15) is 4.31 Å². The van der Waals surface area contributed by atoms with Crippen LogP contribution in [0.1, 0.15) is 77.4 Å². The molecule has 2 fully saturated rings. The van der Waals surface area contributed by atoms with Gasteiger partial charge in [0, 0.05) is 49.2 Å². The fourth-order valence-electron chi connectivity index (χ4n) is 6.22.